The van der Waals surface area contributed by atoms with Crippen molar-refractivity contribution in [1.82, 2.24) is 9.62 Å². The van der Waals surface area contributed by atoms with E-state index in [-0.39, 0.29) is 5.91 Å². The fourth-order valence-electron chi connectivity index (χ4n) is 2.53. The van der Waals surface area contributed by atoms with Gasteiger partial charge in [0.15, 0.2) is 0 Å². The first-order valence-electron chi connectivity index (χ1n) is 7.48. The van der Waals surface area contributed by atoms with Crippen molar-refractivity contribution in [1.29, 1.82) is 0 Å². The van der Waals surface area contributed by atoms with Gasteiger partial charge in [-0.15, -0.1) is 11.3 Å². The Morgan fingerprint density at radius 3 is 2.43 bits per heavy atom. The second-order valence-electron chi connectivity index (χ2n) is 5.42. The predicted molar refractivity (Wildman–Crippen MR) is 89.9 cm³/mol. The Balaban J connectivity index is 1.64. The highest BCUT2D eigenvalue weighted by Crippen LogP contribution is 2.21. The Bertz CT molecular complexity index is 762. The number of hydrogen-bond donors (Lipinski definition) is 1. The van der Waals surface area contributed by atoms with Crippen molar-refractivity contribution in [2.75, 3.05) is 13.1 Å². The average Bonchev–Trinajstić information content (AvgIpc) is 3.25. The molecule has 1 aliphatic heterocycles. The van der Waals surface area contributed by atoms with E-state index in [2.05, 4.69) is 5.32 Å². The molecule has 0 spiro atoms. The molecule has 1 aromatic carbocycles. The van der Waals surface area contributed by atoms with E-state index in [4.69, 9.17) is 0 Å². The monoisotopic (exact) mass is 350 g/mol. The smallest absolute Gasteiger partial charge is 0.261 e. The lowest BCUT2D eigenvalue weighted by Crippen LogP contribution is -2.27. The SMILES string of the molecule is O=C(NCc1ccc(S(=O)(=O)N2CCCC2)cc1)c1cccs1. The van der Waals surface area contributed by atoms with Gasteiger partial charge in [0.1, 0.15) is 0 Å². The van der Waals surface area contributed by atoms with Crippen LogP contribution in [0.5, 0.6) is 0 Å². The molecule has 1 amide bonds. The third kappa shape index (κ3) is 3.63. The van der Waals surface area contributed by atoms with E-state index in [0.717, 1.165) is 18.4 Å². The zero-order valence-corrected chi connectivity index (χ0v) is 14.2. The largest absolute Gasteiger partial charge is 0.347 e. The van der Waals surface area contributed by atoms with Gasteiger partial charge in [-0.3, -0.25) is 4.79 Å². The van der Waals surface area contributed by atoms with Crippen LogP contribution in [-0.4, -0.2) is 31.7 Å². The first kappa shape index (κ1) is 16.2. The summed E-state index contributed by atoms with van der Waals surface area (Å²) >= 11 is 1.39. The highest BCUT2D eigenvalue weighted by molar-refractivity contribution is 7.89. The minimum Gasteiger partial charge on any atom is -0.347 e. The summed E-state index contributed by atoms with van der Waals surface area (Å²) in [6.07, 6.45) is 1.85. The summed E-state index contributed by atoms with van der Waals surface area (Å²) in [5.74, 6) is -0.117. The summed E-state index contributed by atoms with van der Waals surface area (Å²) in [6, 6.07) is 10.3. The van der Waals surface area contributed by atoms with Gasteiger partial charge in [0.25, 0.3) is 5.91 Å². The molecule has 1 fully saturated rings. The van der Waals surface area contributed by atoms with Crippen molar-refractivity contribution in [2.24, 2.45) is 0 Å². The van der Waals surface area contributed by atoms with Crippen LogP contribution in [0.2, 0.25) is 0 Å². The fraction of sp³-hybridized carbons (Fsp3) is 0.312. The van der Waals surface area contributed by atoms with Crippen molar-refractivity contribution < 1.29 is 13.2 Å². The molecular formula is C16H18N2O3S2. The van der Waals surface area contributed by atoms with Gasteiger partial charge in [0.2, 0.25) is 10.0 Å². The number of thiophene rings is 1. The quantitative estimate of drug-likeness (QED) is 0.901. The minimum absolute atomic E-state index is 0.117. The van der Waals surface area contributed by atoms with E-state index in [9.17, 15) is 13.2 Å². The number of hydrogen-bond acceptors (Lipinski definition) is 4. The minimum atomic E-state index is -3.37. The number of sulfonamides is 1. The molecule has 0 atom stereocenters. The van der Waals surface area contributed by atoms with Crippen LogP contribution in [0.3, 0.4) is 0 Å². The Labute approximate surface area is 140 Å². The number of nitrogens with one attached hydrogen (secondary N) is 1. The summed E-state index contributed by atoms with van der Waals surface area (Å²) in [7, 11) is -3.37. The Morgan fingerprint density at radius 1 is 1.13 bits per heavy atom. The third-order valence-electron chi connectivity index (χ3n) is 3.82. The van der Waals surface area contributed by atoms with Crippen LogP contribution in [-0.2, 0) is 16.6 Å². The lowest BCUT2D eigenvalue weighted by atomic mass is 10.2. The molecule has 5 nitrogen and oxygen atoms in total. The van der Waals surface area contributed by atoms with E-state index in [0.29, 0.717) is 29.4 Å². The van der Waals surface area contributed by atoms with Gasteiger partial charge in [0, 0.05) is 19.6 Å². The molecule has 1 N–H and O–H groups in total. The van der Waals surface area contributed by atoms with Gasteiger partial charge in [-0.2, -0.15) is 4.31 Å². The van der Waals surface area contributed by atoms with Crippen LogP contribution in [0.25, 0.3) is 0 Å². The van der Waals surface area contributed by atoms with Gasteiger partial charge in [-0.25, -0.2) is 8.42 Å². The maximum atomic E-state index is 12.4. The van der Waals surface area contributed by atoms with Crippen LogP contribution in [0, 0.1) is 0 Å². The number of rotatable bonds is 5. The van der Waals surface area contributed by atoms with Crippen molar-refractivity contribution in [3.63, 3.8) is 0 Å². The molecule has 2 aromatic rings. The van der Waals surface area contributed by atoms with Crippen molar-refractivity contribution in [2.45, 2.75) is 24.3 Å². The predicted octanol–water partition coefficient (Wildman–Crippen LogP) is 2.46. The normalized spacial score (nSPS) is 15.7. The third-order valence-corrected chi connectivity index (χ3v) is 6.61. The fourth-order valence-corrected chi connectivity index (χ4v) is 4.69. The molecule has 2 heterocycles. The molecule has 0 unspecified atom stereocenters. The van der Waals surface area contributed by atoms with Crippen molar-refractivity contribution in [3.05, 3.63) is 52.2 Å². The number of amides is 1. The molecule has 23 heavy (non-hydrogen) atoms. The molecule has 122 valence electrons. The summed E-state index contributed by atoms with van der Waals surface area (Å²) in [5.41, 5.74) is 0.871. The van der Waals surface area contributed by atoms with E-state index in [1.807, 2.05) is 11.4 Å². The second kappa shape index (κ2) is 6.82. The Morgan fingerprint density at radius 2 is 1.83 bits per heavy atom. The molecule has 7 heteroatoms. The highest BCUT2D eigenvalue weighted by Gasteiger charge is 2.26. The lowest BCUT2D eigenvalue weighted by Gasteiger charge is -2.15. The Kier molecular flexibility index (Phi) is 4.79. The van der Waals surface area contributed by atoms with E-state index < -0.39 is 10.0 Å². The van der Waals surface area contributed by atoms with Gasteiger partial charge in [0.05, 0.1) is 9.77 Å². The molecular weight excluding hydrogens is 332 g/mol. The second-order valence-corrected chi connectivity index (χ2v) is 8.30. The zero-order chi connectivity index (χ0) is 16.3. The van der Waals surface area contributed by atoms with E-state index in [1.54, 1.807) is 30.3 Å². The van der Waals surface area contributed by atoms with Crippen LogP contribution >= 0.6 is 11.3 Å². The van der Waals surface area contributed by atoms with Crippen LogP contribution in [0.1, 0.15) is 28.1 Å². The van der Waals surface area contributed by atoms with Gasteiger partial charge >= 0.3 is 0 Å². The summed E-state index contributed by atoms with van der Waals surface area (Å²) in [4.78, 5) is 12.9. The van der Waals surface area contributed by atoms with Crippen LogP contribution in [0.4, 0.5) is 0 Å². The standard InChI is InChI=1S/C16H18N2O3S2/c19-16(15-4-3-11-22-15)17-12-13-5-7-14(8-6-13)23(20,21)18-9-1-2-10-18/h3-8,11H,1-2,9-10,12H2,(H,17,19). The molecule has 1 saturated heterocycles. The zero-order valence-electron chi connectivity index (χ0n) is 12.6. The average molecular weight is 350 g/mol. The topological polar surface area (TPSA) is 66.5 Å². The molecule has 0 aliphatic carbocycles. The van der Waals surface area contributed by atoms with Gasteiger partial charge in [-0.1, -0.05) is 18.2 Å². The molecule has 0 saturated carbocycles. The van der Waals surface area contributed by atoms with Gasteiger partial charge < -0.3 is 5.32 Å². The van der Waals surface area contributed by atoms with E-state index >= 15 is 0 Å². The molecule has 3 rings (SSSR count). The maximum absolute atomic E-state index is 12.4. The van der Waals surface area contributed by atoms with Crippen LogP contribution in [0.15, 0.2) is 46.7 Å². The molecule has 1 aliphatic rings. The number of carbonyl (C=O) groups excluding carboxylic acids is 1. The van der Waals surface area contributed by atoms with Gasteiger partial charge in [-0.05, 0) is 42.0 Å². The maximum Gasteiger partial charge on any atom is 0.261 e. The summed E-state index contributed by atoms with van der Waals surface area (Å²) < 4.78 is 26.4. The number of benzene rings is 1. The van der Waals surface area contributed by atoms with Crippen molar-refractivity contribution in [3.8, 4) is 0 Å². The molecule has 0 bridgehead atoms. The lowest BCUT2D eigenvalue weighted by molar-refractivity contribution is 0.0955. The van der Waals surface area contributed by atoms with E-state index in [1.165, 1.54) is 15.6 Å². The van der Waals surface area contributed by atoms with Crippen LogP contribution < -0.4 is 5.32 Å². The molecule has 0 radical (unpaired) electrons. The Hall–Kier alpha value is -1.70. The number of carbonyl (C=O) groups is 1. The molecule has 1 aromatic heterocycles. The first-order chi connectivity index (χ1) is 11.1. The summed E-state index contributed by atoms with van der Waals surface area (Å²) in [6.45, 7) is 1.57. The first-order valence-corrected chi connectivity index (χ1v) is 9.80. The number of nitrogens with zero attached hydrogens (tertiary/aromatic N) is 1. The summed E-state index contributed by atoms with van der Waals surface area (Å²) in [5, 5.41) is 4.68. The van der Waals surface area contributed by atoms with Crippen molar-refractivity contribution >= 4 is 27.3 Å². The highest BCUT2D eigenvalue weighted by atomic mass is 32.2.